The molecule has 1 rings (SSSR count). The van der Waals surface area contributed by atoms with E-state index in [4.69, 9.17) is 5.73 Å². The van der Waals surface area contributed by atoms with Crippen molar-refractivity contribution < 1.29 is 4.79 Å². The van der Waals surface area contributed by atoms with Crippen LogP contribution >= 0.6 is 11.3 Å². The van der Waals surface area contributed by atoms with Crippen LogP contribution in [0.3, 0.4) is 0 Å². The van der Waals surface area contributed by atoms with Gasteiger partial charge in [-0.15, -0.1) is 0 Å². The first kappa shape index (κ1) is 13.8. The molecule has 0 aromatic carbocycles. The van der Waals surface area contributed by atoms with Crippen molar-refractivity contribution in [3.8, 4) is 0 Å². The third kappa shape index (κ3) is 3.09. The highest BCUT2D eigenvalue weighted by Gasteiger charge is 2.23. The van der Waals surface area contributed by atoms with Gasteiger partial charge in [0.25, 0.3) is 5.91 Å². The summed E-state index contributed by atoms with van der Waals surface area (Å²) in [6, 6.07) is 0.169. The monoisotopic (exact) mass is 256 g/mol. The molecule has 0 bridgehead atoms. The molecule has 1 amide bonds. The predicted molar refractivity (Wildman–Crippen MR) is 72.5 cm³/mol. The molecule has 17 heavy (non-hydrogen) atoms. The lowest BCUT2D eigenvalue weighted by Gasteiger charge is -2.25. The van der Waals surface area contributed by atoms with Crippen molar-refractivity contribution in [3.05, 3.63) is 4.88 Å². The molecular weight excluding hydrogens is 236 g/mol. The highest BCUT2D eigenvalue weighted by atomic mass is 32.1. The van der Waals surface area contributed by atoms with Crippen molar-refractivity contribution in [2.45, 2.75) is 33.2 Å². The zero-order chi connectivity index (χ0) is 13.0. The van der Waals surface area contributed by atoms with Crippen molar-refractivity contribution in [1.82, 2.24) is 9.88 Å². The Kier molecular flexibility index (Phi) is 4.74. The van der Waals surface area contributed by atoms with Gasteiger partial charge < -0.3 is 16.0 Å². The topological polar surface area (TPSA) is 71.2 Å². The van der Waals surface area contributed by atoms with E-state index >= 15 is 0 Å². The van der Waals surface area contributed by atoms with Gasteiger partial charge in [0.2, 0.25) is 0 Å². The van der Waals surface area contributed by atoms with Crippen LogP contribution in [0.25, 0.3) is 0 Å². The van der Waals surface area contributed by atoms with Gasteiger partial charge in [-0.25, -0.2) is 4.98 Å². The van der Waals surface area contributed by atoms with E-state index in [0.717, 1.165) is 13.0 Å². The molecule has 96 valence electrons. The molecule has 6 heteroatoms. The predicted octanol–water partition coefficient (Wildman–Crippen LogP) is 2.03. The molecule has 1 aromatic heterocycles. The van der Waals surface area contributed by atoms with Crippen LogP contribution in [-0.4, -0.2) is 35.4 Å². The number of nitrogens with two attached hydrogens (primary N) is 1. The second-order valence-corrected chi connectivity index (χ2v) is 5.07. The van der Waals surface area contributed by atoms with Gasteiger partial charge in [-0.3, -0.25) is 4.79 Å². The third-order valence-electron chi connectivity index (χ3n) is 2.41. The fourth-order valence-electron chi connectivity index (χ4n) is 1.56. The largest absolute Gasteiger partial charge is 0.382 e. The van der Waals surface area contributed by atoms with E-state index in [1.54, 1.807) is 7.05 Å². The maximum Gasteiger partial charge on any atom is 0.268 e. The summed E-state index contributed by atoms with van der Waals surface area (Å²) >= 11 is 1.30. The summed E-state index contributed by atoms with van der Waals surface area (Å²) in [5.41, 5.74) is 5.76. The number of hydrogen-bond acceptors (Lipinski definition) is 5. The van der Waals surface area contributed by atoms with Crippen LogP contribution in [0.15, 0.2) is 0 Å². The van der Waals surface area contributed by atoms with E-state index in [2.05, 4.69) is 17.2 Å². The summed E-state index contributed by atoms with van der Waals surface area (Å²) in [4.78, 5) is 18.8. The number of rotatable bonds is 5. The zero-order valence-corrected chi connectivity index (χ0v) is 11.6. The number of nitrogens with zero attached hydrogens (tertiary/aromatic N) is 2. The Balaban J connectivity index is 2.96. The van der Waals surface area contributed by atoms with Crippen LogP contribution in [0.2, 0.25) is 0 Å². The standard InChI is InChI=1S/C11H20N4OS/c1-5-6-15(7(2)3)10(16)8-9(12)14-11(13-4)17-8/h7H,5-6,12H2,1-4H3,(H,13,14). The van der Waals surface area contributed by atoms with Crippen LogP contribution < -0.4 is 11.1 Å². The molecular formula is C11H20N4OS. The Labute approximate surface area is 106 Å². The second-order valence-electron chi connectivity index (χ2n) is 4.08. The lowest BCUT2D eigenvalue weighted by atomic mass is 10.2. The number of nitrogen functional groups attached to an aromatic ring is 1. The maximum absolute atomic E-state index is 12.3. The van der Waals surface area contributed by atoms with E-state index < -0.39 is 0 Å². The minimum Gasteiger partial charge on any atom is -0.382 e. The minimum atomic E-state index is -0.0293. The molecule has 0 aliphatic carbocycles. The van der Waals surface area contributed by atoms with E-state index in [1.807, 2.05) is 18.7 Å². The highest BCUT2D eigenvalue weighted by Crippen LogP contribution is 2.26. The third-order valence-corrected chi connectivity index (χ3v) is 3.49. The van der Waals surface area contributed by atoms with Crippen molar-refractivity contribution in [3.63, 3.8) is 0 Å². The van der Waals surface area contributed by atoms with Gasteiger partial charge in [-0.1, -0.05) is 18.3 Å². The Morgan fingerprint density at radius 2 is 2.24 bits per heavy atom. The molecule has 0 unspecified atom stereocenters. The molecule has 0 aliphatic rings. The average molecular weight is 256 g/mol. The molecule has 0 aliphatic heterocycles. The van der Waals surface area contributed by atoms with Crippen molar-refractivity contribution in [2.75, 3.05) is 24.6 Å². The first-order valence-corrected chi connectivity index (χ1v) is 6.57. The van der Waals surface area contributed by atoms with E-state index in [9.17, 15) is 4.79 Å². The summed E-state index contributed by atoms with van der Waals surface area (Å²) in [7, 11) is 1.76. The van der Waals surface area contributed by atoms with Crippen molar-refractivity contribution >= 4 is 28.2 Å². The summed E-state index contributed by atoms with van der Waals surface area (Å²) in [6.07, 6.45) is 0.932. The number of carbonyl (C=O) groups is 1. The molecule has 0 fully saturated rings. The molecule has 0 spiro atoms. The number of nitrogens with one attached hydrogen (secondary N) is 1. The highest BCUT2D eigenvalue weighted by molar-refractivity contribution is 7.18. The van der Waals surface area contributed by atoms with E-state index in [0.29, 0.717) is 15.8 Å². The van der Waals surface area contributed by atoms with E-state index in [-0.39, 0.29) is 11.9 Å². The maximum atomic E-state index is 12.3. The minimum absolute atomic E-state index is 0.0293. The Morgan fingerprint density at radius 1 is 1.59 bits per heavy atom. The van der Waals surface area contributed by atoms with Gasteiger partial charge in [-0.05, 0) is 20.3 Å². The normalized spacial score (nSPS) is 10.6. The number of anilines is 2. The fourth-order valence-corrected chi connectivity index (χ4v) is 2.35. The lowest BCUT2D eigenvalue weighted by molar-refractivity contribution is 0.0712. The average Bonchev–Trinajstić information content (AvgIpc) is 2.66. The van der Waals surface area contributed by atoms with Gasteiger partial charge in [0.15, 0.2) is 5.13 Å². The van der Waals surface area contributed by atoms with E-state index in [1.165, 1.54) is 11.3 Å². The molecule has 0 saturated heterocycles. The number of aromatic nitrogens is 1. The molecule has 0 saturated carbocycles. The van der Waals surface area contributed by atoms with Gasteiger partial charge in [-0.2, -0.15) is 0 Å². The smallest absolute Gasteiger partial charge is 0.268 e. The summed E-state index contributed by atoms with van der Waals surface area (Å²) < 4.78 is 0. The van der Waals surface area contributed by atoms with Crippen LogP contribution in [0.4, 0.5) is 10.9 Å². The Hall–Kier alpha value is -1.30. The molecule has 1 heterocycles. The van der Waals surface area contributed by atoms with Crippen LogP contribution in [0.5, 0.6) is 0 Å². The molecule has 0 radical (unpaired) electrons. The first-order chi connectivity index (χ1) is 8.01. The van der Waals surface area contributed by atoms with Crippen molar-refractivity contribution in [1.29, 1.82) is 0 Å². The van der Waals surface area contributed by atoms with Gasteiger partial charge >= 0.3 is 0 Å². The van der Waals surface area contributed by atoms with Gasteiger partial charge in [0, 0.05) is 19.6 Å². The SMILES string of the molecule is CCCN(C(=O)c1sc(NC)nc1N)C(C)C. The number of hydrogen-bond donors (Lipinski definition) is 2. The summed E-state index contributed by atoms with van der Waals surface area (Å²) in [5, 5.41) is 3.57. The number of carbonyl (C=O) groups excluding carboxylic acids is 1. The van der Waals surface area contributed by atoms with Crippen LogP contribution in [-0.2, 0) is 0 Å². The lowest BCUT2D eigenvalue weighted by Crippen LogP contribution is -2.37. The zero-order valence-electron chi connectivity index (χ0n) is 10.8. The van der Waals surface area contributed by atoms with Gasteiger partial charge in [0.1, 0.15) is 10.7 Å². The first-order valence-electron chi connectivity index (χ1n) is 5.76. The van der Waals surface area contributed by atoms with Crippen LogP contribution in [0, 0.1) is 0 Å². The fraction of sp³-hybridized carbons (Fsp3) is 0.636. The Morgan fingerprint density at radius 3 is 2.65 bits per heavy atom. The molecule has 1 aromatic rings. The molecule has 0 atom stereocenters. The summed E-state index contributed by atoms with van der Waals surface area (Å²) in [5.74, 6) is 0.282. The van der Waals surface area contributed by atoms with Gasteiger partial charge in [0.05, 0.1) is 0 Å². The molecule has 3 N–H and O–H groups in total. The number of amides is 1. The Bertz CT molecular complexity index is 389. The summed E-state index contributed by atoms with van der Waals surface area (Å²) in [6.45, 7) is 6.80. The second kappa shape index (κ2) is 5.86. The number of thiazole rings is 1. The van der Waals surface area contributed by atoms with Crippen molar-refractivity contribution in [2.24, 2.45) is 0 Å². The quantitative estimate of drug-likeness (QED) is 0.845. The van der Waals surface area contributed by atoms with Crippen LogP contribution in [0.1, 0.15) is 36.9 Å². The molecule has 5 nitrogen and oxygen atoms in total.